The molecule has 0 aromatic rings. The van der Waals surface area contributed by atoms with Crippen molar-refractivity contribution in [2.45, 2.75) is 45.3 Å². The monoisotopic (exact) mass is 182 g/mol. The van der Waals surface area contributed by atoms with Gasteiger partial charge in [0.1, 0.15) is 11.7 Å². The number of rotatable bonds is 5. The summed E-state index contributed by atoms with van der Waals surface area (Å²) >= 11 is 0. The number of epoxide rings is 1. The topological polar surface area (TPSA) is 29.6 Å². The van der Waals surface area contributed by atoms with Crippen LogP contribution < -0.4 is 0 Å². The quantitative estimate of drug-likeness (QED) is 0.482. The van der Waals surface area contributed by atoms with Gasteiger partial charge in [0.15, 0.2) is 5.78 Å². The van der Waals surface area contributed by atoms with Gasteiger partial charge in [-0.25, -0.2) is 0 Å². The fourth-order valence-corrected chi connectivity index (χ4v) is 1.48. The third kappa shape index (κ3) is 2.19. The summed E-state index contributed by atoms with van der Waals surface area (Å²) in [5.74, 6) is 0.308. The molecule has 0 radical (unpaired) electrons. The van der Waals surface area contributed by atoms with Crippen LogP contribution in [0, 0.1) is 5.92 Å². The Morgan fingerprint density at radius 1 is 1.69 bits per heavy atom. The van der Waals surface area contributed by atoms with Gasteiger partial charge in [-0.2, -0.15) is 0 Å². The minimum absolute atomic E-state index is 0.0792. The molecule has 0 saturated carbocycles. The van der Waals surface area contributed by atoms with E-state index in [4.69, 9.17) is 4.74 Å². The van der Waals surface area contributed by atoms with E-state index in [0.29, 0.717) is 0 Å². The van der Waals surface area contributed by atoms with E-state index in [0.717, 1.165) is 12.8 Å². The molecular weight excluding hydrogens is 164 g/mol. The molecule has 1 rings (SSSR count). The van der Waals surface area contributed by atoms with Crippen LogP contribution in [0.5, 0.6) is 0 Å². The van der Waals surface area contributed by atoms with Gasteiger partial charge in [-0.1, -0.05) is 19.9 Å². The first-order chi connectivity index (χ1) is 6.01. The highest BCUT2D eigenvalue weighted by molar-refractivity contribution is 5.88. The predicted molar refractivity (Wildman–Crippen MR) is 52.6 cm³/mol. The van der Waals surface area contributed by atoms with Crippen LogP contribution in [0.1, 0.15) is 33.6 Å². The van der Waals surface area contributed by atoms with Crippen molar-refractivity contribution in [3.63, 3.8) is 0 Å². The summed E-state index contributed by atoms with van der Waals surface area (Å²) < 4.78 is 5.43. The molecule has 2 heteroatoms. The average molecular weight is 182 g/mol. The minimum atomic E-state index is -0.199. The SMILES string of the molecule is C=CCC[C@]1(C)OC1C(=O)C(C)C. The van der Waals surface area contributed by atoms with Crippen LogP contribution >= 0.6 is 0 Å². The van der Waals surface area contributed by atoms with E-state index in [1.807, 2.05) is 26.8 Å². The van der Waals surface area contributed by atoms with Crippen LogP contribution in [-0.4, -0.2) is 17.5 Å². The number of ketones is 1. The number of ether oxygens (including phenoxy) is 1. The van der Waals surface area contributed by atoms with Crippen LogP contribution in [0.15, 0.2) is 12.7 Å². The van der Waals surface area contributed by atoms with Crippen LogP contribution in [-0.2, 0) is 9.53 Å². The molecule has 0 bridgehead atoms. The standard InChI is InChI=1S/C11H18O2/c1-5-6-7-11(4)10(13-11)9(12)8(2)3/h5,8,10H,1,6-7H2,2-4H3/t10?,11-/m0/s1. The van der Waals surface area contributed by atoms with E-state index in [9.17, 15) is 4.79 Å². The summed E-state index contributed by atoms with van der Waals surface area (Å²) in [6.07, 6.45) is 3.52. The Bertz CT molecular complexity index is 220. The summed E-state index contributed by atoms with van der Waals surface area (Å²) in [5, 5.41) is 0. The largest absolute Gasteiger partial charge is 0.358 e. The highest BCUT2D eigenvalue weighted by Gasteiger charge is 2.55. The van der Waals surface area contributed by atoms with Gasteiger partial charge in [-0.05, 0) is 19.8 Å². The van der Waals surface area contributed by atoms with Gasteiger partial charge >= 0.3 is 0 Å². The van der Waals surface area contributed by atoms with Gasteiger partial charge in [-0.3, -0.25) is 4.79 Å². The zero-order valence-corrected chi connectivity index (χ0v) is 8.67. The van der Waals surface area contributed by atoms with Gasteiger partial charge in [0.05, 0.1) is 0 Å². The average Bonchev–Trinajstić information content (AvgIpc) is 2.74. The number of carbonyl (C=O) groups is 1. The zero-order chi connectivity index (χ0) is 10.1. The Hall–Kier alpha value is -0.630. The fraction of sp³-hybridized carbons (Fsp3) is 0.727. The molecule has 0 aromatic heterocycles. The molecule has 0 aromatic carbocycles. The Kier molecular flexibility index (Phi) is 2.91. The van der Waals surface area contributed by atoms with E-state index >= 15 is 0 Å². The van der Waals surface area contributed by atoms with Crippen molar-refractivity contribution in [1.82, 2.24) is 0 Å². The zero-order valence-electron chi connectivity index (χ0n) is 8.67. The second-order valence-corrected chi connectivity index (χ2v) is 4.19. The maximum absolute atomic E-state index is 11.5. The van der Waals surface area contributed by atoms with E-state index < -0.39 is 0 Å². The first kappa shape index (κ1) is 10.5. The molecule has 1 heterocycles. The second kappa shape index (κ2) is 3.62. The number of hydrogen-bond donors (Lipinski definition) is 0. The molecule has 0 spiro atoms. The third-order valence-corrected chi connectivity index (χ3v) is 2.56. The van der Waals surface area contributed by atoms with Crippen molar-refractivity contribution in [2.24, 2.45) is 5.92 Å². The molecule has 74 valence electrons. The first-order valence-corrected chi connectivity index (χ1v) is 4.83. The van der Waals surface area contributed by atoms with Crippen LogP contribution in [0.25, 0.3) is 0 Å². The lowest BCUT2D eigenvalue weighted by Gasteiger charge is -2.04. The molecule has 2 nitrogen and oxygen atoms in total. The van der Waals surface area contributed by atoms with Crippen LogP contribution in [0.4, 0.5) is 0 Å². The van der Waals surface area contributed by atoms with E-state index in [-0.39, 0.29) is 23.4 Å². The van der Waals surface area contributed by atoms with Crippen LogP contribution in [0.2, 0.25) is 0 Å². The van der Waals surface area contributed by atoms with Gasteiger partial charge in [0.2, 0.25) is 0 Å². The fourth-order valence-electron chi connectivity index (χ4n) is 1.48. The molecule has 1 unspecified atom stereocenters. The van der Waals surface area contributed by atoms with Crippen molar-refractivity contribution in [1.29, 1.82) is 0 Å². The Morgan fingerprint density at radius 2 is 2.31 bits per heavy atom. The summed E-state index contributed by atoms with van der Waals surface area (Å²) in [5.41, 5.74) is -0.199. The molecule has 1 aliphatic rings. The van der Waals surface area contributed by atoms with E-state index in [1.54, 1.807) is 0 Å². The highest BCUT2D eigenvalue weighted by atomic mass is 16.6. The lowest BCUT2D eigenvalue weighted by molar-refractivity contribution is -0.123. The minimum Gasteiger partial charge on any atom is -0.358 e. The third-order valence-electron chi connectivity index (χ3n) is 2.56. The second-order valence-electron chi connectivity index (χ2n) is 4.19. The van der Waals surface area contributed by atoms with Crippen molar-refractivity contribution in [3.05, 3.63) is 12.7 Å². The summed E-state index contributed by atoms with van der Waals surface area (Å²) in [6.45, 7) is 9.49. The Labute approximate surface area is 80.0 Å². The normalized spacial score (nSPS) is 31.8. The molecule has 1 saturated heterocycles. The maximum atomic E-state index is 11.5. The molecule has 0 N–H and O–H groups in total. The summed E-state index contributed by atoms with van der Waals surface area (Å²) in [6, 6.07) is 0. The molecular formula is C11H18O2. The van der Waals surface area contributed by atoms with E-state index in [1.165, 1.54) is 0 Å². The van der Waals surface area contributed by atoms with Gasteiger partial charge in [0.25, 0.3) is 0 Å². The van der Waals surface area contributed by atoms with Gasteiger partial charge < -0.3 is 4.74 Å². The van der Waals surface area contributed by atoms with Gasteiger partial charge in [0, 0.05) is 5.92 Å². The molecule has 1 fully saturated rings. The number of carbonyl (C=O) groups excluding carboxylic acids is 1. The lowest BCUT2D eigenvalue weighted by Crippen LogP contribution is -2.21. The molecule has 1 aliphatic heterocycles. The van der Waals surface area contributed by atoms with Crippen LogP contribution in [0.3, 0.4) is 0 Å². The molecule has 0 aliphatic carbocycles. The Morgan fingerprint density at radius 3 is 2.77 bits per heavy atom. The smallest absolute Gasteiger partial charge is 0.167 e. The van der Waals surface area contributed by atoms with Crippen molar-refractivity contribution in [3.8, 4) is 0 Å². The molecule has 0 amide bonds. The van der Waals surface area contributed by atoms with E-state index in [2.05, 4.69) is 6.58 Å². The number of allylic oxidation sites excluding steroid dienone is 1. The van der Waals surface area contributed by atoms with Crippen molar-refractivity contribution >= 4 is 5.78 Å². The first-order valence-electron chi connectivity index (χ1n) is 4.83. The van der Waals surface area contributed by atoms with Crippen molar-refractivity contribution in [2.75, 3.05) is 0 Å². The number of Topliss-reactive ketones (excluding diaryl/α,β-unsaturated/α-hetero) is 1. The maximum Gasteiger partial charge on any atom is 0.167 e. The predicted octanol–water partition coefficient (Wildman–Crippen LogP) is 2.34. The molecule has 13 heavy (non-hydrogen) atoms. The summed E-state index contributed by atoms with van der Waals surface area (Å²) in [7, 11) is 0. The van der Waals surface area contributed by atoms with Crippen molar-refractivity contribution < 1.29 is 9.53 Å². The Balaban J connectivity index is 2.43. The highest BCUT2D eigenvalue weighted by Crippen LogP contribution is 2.41. The summed E-state index contributed by atoms with van der Waals surface area (Å²) in [4.78, 5) is 11.5. The lowest BCUT2D eigenvalue weighted by atomic mass is 9.94. The molecule has 2 atom stereocenters. The van der Waals surface area contributed by atoms with Gasteiger partial charge in [-0.15, -0.1) is 6.58 Å². The number of hydrogen-bond acceptors (Lipinski definition) is 2.